The molecule has 1 aliphatic rings. The Kier molecular flexibility index (Phi) is 8.48. The van der Waals surface area contributed by atoms with Crippen molar-refractivity contribution in [2.45, 2.75) is 56.4 Å². The highest BCUT2D eigenvalue weighted by atomic mass is 32.2. The van der Waals surface area contributed by atoms with Crippen molar-refractivity contribution >= 4 is 11.8 Å². The number of rotatable bonds is 11. The fourth-order valence-electron chi connectivity index (χ4n) is 4.30. The second kappa shape index (κ2) is 11.7. The second-order valence-electron chi connectivity index (χ2n) is 8.68. The Morgan fingerprint density at radius 2 is 1.88 bits per heavy atom. The minimum atomic E-state index is 0.219. The number of nitrogens with zero attached hydrogens (tertiary/aromatic N) is 4. The van der Waals surface area contributed by atoms with Gasteiger partial charge in [0.05, 0.1) is 33.4 Å². The molecule has 3 aromatic rings. The lowest BCUT2D eigenvalue weighted by Gasteiger charge is -2.20. The third kappa shape index (κ3) is 5.92. The number of thioether (sulfide) groups is 1. The van der Waals surface area contributed by atoms with Gasteiger partial charge in [-0.25, -0.2) is 0 Å². The summed E-state index contributed by atoms with van der Waals surface area (Å²) < 4.78 is 19.3. The first-order valence-corrected chi connectivity index (χ1v) is 12.7. The average Bonchev–Trinajstić information content (AvgIpc) is 3.49. The third-order valence-corrected chi connectivity index (χ3v) is 7.17. The van der Waals surface area contributed by atoms with Crippen LogP contribution in [-0.4, -0.2) is 53.6 Å². The van der Waals surface area contributed by atoms with Gasteiger partial charge in [-0.2, -0.15) is 0 Å². The van der Waals surface area contributed by atoms with E-state index < -0.39 is 0 Å². The summed E-state index contributed by atoms with van der Waals surface area (Å²) in [6.07, 6.45) is 2.41. The van der Waals surface area contributed by atoms with E-state index in [1.165, 1.54) is 11.1 Å². The standard InChI is InChI=1S/C26H34N4O3S/c1-19-9-5-6-10-21(19)18-34-26-28-27-24(30(26)16-22-12-8-14-33-22)17-29(2)15-20-11-7-13-23(31-3)25(20)32-4/h5-7,9-11,13,22H,8,12,14-18H2,1-4H3/t22-/m0/s1. The molecule has 8 heteroatoms. The zero-order valence-corrected chi connectivity index (χ0v) is 21.3. The van der Waals surface area contributed by atoms with Crippen molar-refractivity contribution in [1.29, 1.82) is 0 Å². The van der Waals surface area contributed by atoms with E-state index in [0.717, 1.165) is 59.8 Å². The molecule has 34 heavy (non-hydrogen) atoms. The summed E-state index contributed by atoms with van der Waals surface area (Å²) in [5.74, 6) is 3.33. The normalized spacial score (nSPS) is 15.7. The van der Waals surface area contributed by atoms with Crippen LogP contribution in [0.3, 0.4) is 0 Å². The van der Waals surface area contributed by atoms with E-state index in [-0.39, 0.29) is 6.10 Å². The number of methoxy groups -OCH3 is 2. The summed E-state index contributed by atoms with van der Waals surface area (Å²) in [6, 6.07) is 14.5. The van der Waals surface area contributed by atoms with E-state index in [1.54, 1.807) is 26.0 Å². The maximum atomic E-state index is 5.94. The van der Waals surface area contributed by atoms with Crippen LogP contribution in [0, 0.1) is 6.92 Å². The maximum Gasteiger partial charge on any atom is 0.191 e. The Morgan fingerprint density at radius 3 is 2.62 bits per heavy atom. The molecule has 0 spiro atoms. The molecule has 1 fully saturated rings. The summed E-state index contributed by atoms with van der Waals surface area (Å²) in [4.78, 5) is 2.23. The van der Waals surface area contributed by atoms with Crippen molar-refractivity contribution in [3.8, 4) is 11.5 Å². The van der Waals surface area contributed by atoms with E-state index in [2.05, 4.69) is 64.0 Å². The predicted molar refractivity (Wildman–Crippen MR) is 134 cm³/mol. The van der Waals surface area contributed by atoms with Gasteiger partial charge in [-0.05, 0) is 44.0 Å². The van der Waals surface area contributed by atoms with E-state index in [0.29, 0.717) is 13.1 Å². The number of para-hydroxylation sites is 1. The summed E-state index contributed by atoms with van der Waals surface area (Å²) in [5.41, 5.74) is 3.69. The van der Waals surface area contributed by atoms with Crippen molar-refractivity contribution in [1.82, 2.24) is 19.7 Å². The molecule has 182 valence electrons. The number of aryl methyl sites for hydroxylation is 1. The fraction of sp³-hybridized carbons (Fsp3) is 0.462. The molecule has 4 rings (SSSR count). The Hall–Kier alpha value is -2.55. The molecule has 0 aliphatic carbocycles. The summed E-state index contributed by atoms with van der Waals surface area (Å²) in [6.45, 7) is 5.15. The molecular formula is C26H34N4O3S. The molecule has 0 unspecified atom stereocenters. The van der Waals surface area contributed by atoms with Gasteiger partial charge in [-0.15, -0.1) is 10.2 Å². The van der Waals surface area contributed by atoms with Gasteiger partial charge in [0, 0.05) is 24.5 Å². The lowest BCUT2D eigenvalue weighted by molar-refractivity contribution is 0.0934. The molecule has 0 radical (unpaired) electrons. The van der Waals surface area contributed by atoms with Crippen LogP contribution in [0.15, 0.2) is 47.6 Å². The monoisotopic (exact) mass is 482 g/mol. The second-order valence-corrected chi connectivity index (χ2v) is 9.63. The van der Waals surface area contributed by atoms with Crippen molar-refractivity contribution < 1.29 is 14.2 Å². The first kappa shape index (κ1) is 24.6. The lowest BCUT2D eigenvalue weighted by Crippen LogP contribution is -2.23. The SMILES string of the molecule is COc1cccc(CN(C)Cc2nnc(SCc3ccccc3C)n2C[C@@H]2CCCO2)c1OC. The van der Waals surface area contributed by atoms with Gasteiger partial charge in [0.15, 0.2) is 16.7 Å². The summed E-state index contributed by atoms with van der Waals surface area (Å²) in [5, 5.41) is 10.1. The zero-order valence-electron chi connectivity index (χ0n) is 20.5. The molecule has 0 bridgehead atoms. The van der Waals surface area contributed by atoms with Crippen LogP contribution in [0.1, 0.15) is 35.4 Å². The van der Waals surface area contributed by atoms with Crippen LogP contribution in [0.5, 0.6) is 11.5 Å². The van der Waals surface area contributed by atoms with E-state index >= 15 is 0 Å². The van der Waals surface area contributed by atoms with Crippen molar-refractivity contribution in [3.05, 3.63) is 65.0 Å². The van der Waals surface area contributed by atoms with Crippen molar-refractivity contribution in [2.75, 3.05) is 27.9 Å². The van der Waals surface area contributed by atoms with Crippen LogP contribution < -0.4 is 9.47 Å². The van der Waals surface area contributed by atoms with Crippen molar-refractivity contribution in [3.63, 3.8) is 0 Å². The van der Waals surface area contributed by atoms with Gasteiger partial charge < -0.3 is 18.8 Å². The third-order valence-electron chi connectivity index (χ3n) is 6.16. The zero-order chi connectivity index (χ0) is 23.9. The van der Waals surface area contributed by atoms with Crippen molar-refractivity contribution in [2.24, 2.45) is 0 Å². The molecule has 1 saturated heterocycles. The van der Waals surface area contributed by atoms with E-state index in [9.17, 15) is 0 Å². The average molecular weight is 483 g/mol. The quantitative estimate of drug-likeness (QED) is 0.367. The van der Waals surface area contributed by atoms with Gasteiger partial charge in [-0.3, -0.25) is 4.90 Å². The topological polar surface area (TPSA) is 61.6 Å². The van der Waals surface area contributed by atoms with E-state index in [4.69, 9.17) is 14.2 Å². The van der Waals surface area contributed by atoms with Gasteiger partial charge in [0.2, 0.25) is 0 Å². The Balaban J connectivity index is 1.50. The minimum absolute atomic E-state index is 0.219. The first-order chi connectivity index (χ1) is 16.6. The Labute approximate surface area is 206 Å². The van der Waals surface area contributed by atoms with Gasteiger partial charge in [0.1, 0.15) is 5.82 Å². The van der Waals surface area contributed by atoms with Gasteiger partial charge in [0.25, 0.3) is 0 Å². The maximum absolute atomic E-state index is 5.94. The lowest BCUT2D eigenvalue weighted by atomic mass is 10.1. The number of benzene rings is 2. The highest BCUT2D eigenvalue weighted by molar-refractivity contribution is 7.98. The number of hydrogen-bond acceptors (Lipinski definition) is 7. The molecule has 2 aromatic carbocycles. The Bertz CT molecular complexity index is 1080. The van der Waals surface area contributed by atoms with E-state index in [1.807, 2.05) is 12.1 Å². The van der Waals surface area contributed by atoms with Gasteiger partial charge in [-0.1, -0.05) is 48.2 Å². The molecule has 0 N–H and O–H groups in total. The van der Waals surface area contributed by atoms with Crippen LogP contribution in [0.25, 0.3) is 0 Å². The molecule has 1 aliphatic heterocycles. The fourth-order valence-corrected chi connectivity index (χ4v) is 5.34. The molecule has 0 saturated carbocycles. The van der Waals surface area contributed by atoms with Crippen LogP contribution >= 0.6 is 11.8 Å². The van der Waals surface area contributed by atoms with Crippen LogP contribution in [0.2, 0.25) is 0 Å². The first-order valence-electron chi connectivity index (χ1n) is 11.7. The smallest absolute Gasteiger partial charge is 0.191 e. The number of aromatic nitrogens is 3. The predicted octanol–water partition coefficient (Wildman–Crippen LogP) is 4.71. The van der Waals surface area contributed by atoms with Gasteiger partial charge >= 0.3 is 0 Å². The Morgan fingerprint density at radius 1 is 1.06 bits per heavy atom. The number of ether oxygens (including phenoxy) is 3. The highest BCUT2D eigenvalue weighted by Gasteiger charge is 2.22. The summed E-state index contributed by atoms with van der Waals surface area (Å²) in [7, 11) is 5.43. The molecule has 1 aromatic heterocycles. The number of hydrogen-bond donors (Lipinski definition) is 0. The molecule has 2 heterocycles. The summed E-state index contributed by atoms with van der Waals surface area (Å²) >= 11 is 1.74. The van der Waals surface area contributed by atoms with Crippen LogP contribution in [-0.2, 0) is 30.1 Å². The molecule has 1 atom stereocenters. The molecule has 7 nitrogen and oxygen atoms in total. The molecular weight excluding hydrogens is 448 g/mol. The minimum Gasteiger partial charge on any atom is -0.493 e. The largest absolute Gasteiger partial charge is 0.493 e. The van der Waals surface area contributed by atoms with Crippen LogP contribution in [0.4, 0.5) is 0 Å². The molecule has 0 amide bonds. The highest BCUT2D eigenvalue weighted by Crippen LogP contribution is 2.32.